The van der Waals surface area contributed by atoms with Gasteiger partial charge in [-0.05, 0) is 29.3 Å². The summed E-state index contributed by atoms with van der Waals surface area (Å²) in [4.78, 5) is 0. The van der Waals surface area contributed by atoms with Crippen molar-refractivity contribution >= 4 is 5.69 Å². The van der Waals surface area contributed by atoms with E-state index in [1.54, 1.807) is 24.3 Å². The average molecular weight is 230 g/mol. The first-order valence-corrected chi connectivity index (χ1v) is 4.87. The molecule has 0 aliphatic rings. The summed E-state index contributed by atoms with van der Waals surface area (Å²) in [7, 11) is 0. The van der Waals surface area contributed by atoms with Crippen LogP contribution in [0.1, 0.15) is 5.56 Å². The number of nitriles is 1. The van der Waals surface area contributed by atoms with Gasteiger partial charge in [0, 0.05) is 0 Å². The summed E-state index contributed by atoms with van der Waals surface area (Å²) in [6.07, 6.45) is 0. The van der Waals surface area contributed by atoms with E-state index in [9.17, 15) is 8.78 Å². The van der Waals surface area contributed by atoms with E-state index in [4.69, 9.17) is 11.0 Å². The molecule has 0 bridgehead atoms. The molecule has 2 N–H and O–H groups in total. The zero-order valence-corrected chi connectivity index (χ0v) is 8.74. The van der Waals surface area contributed by atoms with Crippen LogP contribution in [0.3, 0.4) is 0 Å². The van der Waals surface area contributed by atoms with Gasteiger partial charge in [0.1, 0.15) is 17.3 Å². The summed E-state index contributed by atoms with van der Waals surface area (Å²) in [6.45, 7) is 0. The number of rotatable bonds is 1. The minimum atomic E-state index is -0.826. The van der Waals surface area contributed by atoms with Crippen LogP contribution < -0.4 is 5.73 Å². The molecule has 0 saturated heterocycles. The van der Waals surface area contributed by atoms with Gasteiger partial charge in [-0.25, -0.2) is 8.78 Å². The Morgan fingerprint density at radius 2 is 1.65 bits per heavy atom. The topological polar surface area (TPSA) is 49.8 Å². The fourth-order valence-corrected chi connectivity index (χ4v) is 1.57. The number of nitrogen functional groups attached to an aromatic ring is 1. The number of hydrogen-bond donors (Lipinski definition) is 1. The molecule has 2 aromatic rings. The molecular weight excluding hydrogens is 222 g/mol. The predicted octanol–water partition coefficient (Wildman–Crippen LogP) is 3.09. The van der Waals surface area contributed by atoms with Gasteiger partial charge in [0.05, 0.1) is 11.6 Å². The summed E-state index contributed by atoms with van der Waals surface area (Å²) < 4.78 is 26.6. The Bertz CT molecular complexity index is 592. The molecule has 0 aromatic heterocycles. The van der Waals surface area contributed by atoms with Crippen molar-refractivity contribution in [2.75, 3.05) is 5.73 Å². The largest absolute Gasteiger partial charge is 0.394 e. The number of nitrogens with two attached hydrogens (primary N) is 1. The van der Waals surface area contributed by atoms with Crippen molar-refractivity contribution in [2.24, 2.45) is 0 Å². The van der Waals surface area contributed by atoms with Crippen molar-refractivity contribution in [3.63, 3.8) is 0 Å². The summed E-state index contributed by atoms with van der Waals surface area (Å²) in [5.74, 6) is -1.65. The highest BCUT2D eigenvalue weighted by atomic mass is 19.1. The van der Waals surface area contributed by atoms with Gasteiger partial charge >= 0.3 is 0 Å². The lowest BCUT2D eigenvalue weighted by Gasteiger charge is -2.06. The zero-order valence-electron chi connectivity index (χ0n) is 8.74. The Labute approximate surface area is 96.9 Å². The lowest BCUT2D eigenvalue weighted by molar-refractivity contribution is 0.592. The lowest BCUT2D eigenvalue weighted by Crippen LogP contribution is -1.96. The van der Waals surface area contributed by atoms with Gasteiger partial charge in [-0.2, -0.15) is 5.26 Å². The van der Waals surface area contributed by atoms with Crippen LogP contribution >= 0.6 is 0 Å². The van der Waals surface area contributed by atoms with Gasteiger partial charge in [0.25, 0.3) is 0 Å². The normalized spacial score (nSPS) is 9.94. The van der Waals surface area contributed by atoms with Gasteiger partial charge in [-0.1, -0.05) is 18.2 Å². The van der Waals surface area contributed by atoms with Gasteiger partial charge in [0.2, 0.25) is 0 Å². The smallest absolute Gasteiger partial charge is 0.149 e. The fraction of sp³-hybridized carbons (Fsp3) is 0. The van der Waals surface area contributed by atoms with Gasteiger partial charge < -0.3 is 5.73 Å². The second-order valence-electron chi connectivity index (χ2n) is 3.51. The minimum absolute atomic E-state index is 0.298. The quantitative estimate of drug-likeness (QED) is 0.765. The van der Waals surface area contributed by atoms with E-state index < -0.39 is 17.3 Å². The van der Waals surface area contributed by atoms with Crippen LogP contribution in [0.25, 0.3) is 11.1 Å². The van der Waals surface area contributed by atoms with E-state index >= 15 is 0 Å². The van der Waals surface area contributed by atoms with Crippen LogP contribution in [0.5, 0.6) is 0 Å². The van der Waals surface area contributed by atoms with E-state index in [0.717, 1.165) is 12.1 Å². The molecule has 0 aliphatic carbocycles. The van der Waals surface area contributed by atoms with E-state index in [2.05, 4.69) is 0 Å². The van der Waals surface area contributed by atoms with E-state index in [0.29, 0.717) is 16.7 Å². The van der Waals surface area contributed by atoms with Crippen LogP contribution in [0.15, 0.2) is 36.4 Å². The molecule has 0 aliphatic heterocycles. The van der Waals surface area contributed by atoms with Gasteiger partial charge in [-0.3, -0.25) is 0 Å². The highest BCUT2D eigenvalue weighted by molar-refractivity contribution is 5.72. The molecular formula is C13H8F2N2. The Morgan fingerprint density at radius 3 is 2.24 bits per heavy atom. The molecule has 4 heteroatoms. The van der Waals surface area contributed by atoms with E-state index in [-0.39, 0.29) is 0 Å². The Morgan fingerprint density at radius 1 is 1.06 bits per heavy atom. The highest BCUT2D eigenvalue weighted by Crippen LogP contribution is 2.27. The third-order valence-electron chi connectivity index (χ3n) is 2.44. The first-order chi connectivity index (χ1) is 8.13. The second-order valence-corrected chi connectivity index (χ2v) is 3.51. The maximum absolute atomic E-state index is 13.3. The molecule has 17 heavy (non-hydrogen) atoms. The number of benzene rings is 2. The second kappa shape index (κ2) is 4.22. The molecule has 0 saturated carbocycles. The predicted molar refractivity (Wildman–Crippen MR) is 60.9 cm³/mol. The minimum Gasteiger partial charge on any atom is -0.394 e. The number of anilines is 1. The standard InChI is InChI=1S/C13H8F2N2/c14-11-5-9(6-12(15)13(11)17)10-4-2-1-3-8(10)7-16/h1-6H,17H2. The zero-order chi connectivity index (χ0) is 12.4. The van der Waals surface area contributed by atoms with Gasteiger partial charge in [0.15, 0.2) is 0 Å². The van der Waals surface area contributed by atoms with Crippen molar-refractivity contribution in [3.05, 3.63) is 53.6 Å². The first-order valence-electron chi connectivity index (χ1n) is 4.87. The number of halogens is 2. The molecule has 0 heterocycles. The molecule has 0 spiro atoms. The molecule has 0 fully saturated rings. The third kappa shape index (κ3) is 1.95. The monoisotopic (exact) mass is 230 g/mol. The van der Waals surface area contributed by atoms with Crippen molar-refractivity contribution in [2.45, 2.75) is 0 Å². The van der Waals surface area contributed by atoms with Crippen molar-refractivity contribution in [1.29, 1.82) is 5.26 Å². The van der Waals surface area contributed by atoms with Crippen molar-refractivity contribution < 1.29 is 8.78 Å². The average Bonchev–Trinajstić information content (AvgIpc) is 2.35. The Hall–Kier alpha value is -2.41. The summed E-state index contributed by atoms with van der Waals surface area (Å²) in [5, 5.41) is 8.91. The van der Waals surface area contributed by atoms with Crippen molar-refractivity contribution in [3.8, 4) is 17.2 Å². The van der Waals surface area contributed by atoms with Crippen LogP contribution in [0.4, 0.5) is 14.5 Å². The highest BCUT2D eigenvalue weighted by Gasteiger charge is 2.11. The first kappa shape index (κ1) is 11.1. The third-order valence-corrected chi connectivity index (χ3v) is 2.44. The van der Waals surface area contributed by atoms with Crippen LogP contribution in [0.2, 0.25) is 0 Å². The Kier molecular flexibility index (Phi) is 2.75. The number of hydrogen-bond acceptors (Lipinski definition) is 2. The molecule has 84 valence electrons. The summed E-state index contributed by atoms with van der Waals surface area (Å²) in [5.41, 5.74) is 5.81. The molecule has 0 unspecified atom stereocenters. The fourth-order valence-electron chi connectivity index (χ4n) is 1.57. The molecule has 2 rings (SSSR count). The van der Waals surface area contributed by atoms with Crippen LogP contribution in [0, 0.1) is 23.0 Å². The lowest BCUT2D eigenvalue weighted by atomic mass is 10.00. The molecule has 2 aromatic carbocycles. The van der Waals surface area contributed by atoms with Crippen LogP contribution in [-0.2, 0) is 0 Å². The maximum Gasteiger partial charge on any atom is 0.149 e. The molecule has 2 nitrogen and oxygen atoms in total. The van der Waals surface area contributed by atoms with Gasteiger partial charge in [-0.15, -0.1) is 0 Å². The van der Waals surface area contributed by atoms with E-state index in [1.807, 2.05) is 6.07 Å². The molecule has 0 atom stereocenters. The summed E-state index contributed by atoms with van der Waals surface area (Å²) in [6, 6.07) is 10.8. The SMILES string of the molecule is N#Cc1ccccc1-c1cc(F)c(N)c(F)c1. The maximum atomic E-state index is 13.3. The Balaban J connectivity index is 2.66. The molecule has 0 radical (unpaired) electrons. The van der Waals surface area contributed by atoms with E-state index in [1.165, 1.54) is 0 Å². The number of nitrogens with zero attached hydrogens (tertiary/aromatic N) is 1. The molecule has 0 amide bonds. The van der Waals surface area contributed by atoms with Crippen molar-refractivity contribution in [1.82, 2.24) is 0 Å². The summed E-state index contributed by atoms with van der Waals surface area (Å²) >= 11 is 0. The van der Waals surface area contributed by atoms with Crippen LogP contribution in [-0.4, -0.2) is 0 Å².